The molecule has 0 aromatic carbocycles. The van der Waals surface area contributed by atoms with Crippen molar-refractivity contribution in [2.45, 2.75) is 174 Å². The van der Waals surface area contributed by atoms with E-state index in [-0.39, 0.29) is 30.3 Å². The minimum Gasteiger partial charge on any atom is -0.466 e. The molecule has 0 aliphatic carbocycles. The number of carbonyl (C=O) groups excluding carboxylic acids is 4. The second kappa shape index (κ2) is 32.4. The Balaban J connectivity index is 4.00. The van der Waals surface area contributed by atoms with Gasteiger partial charge in [0.2, 0.25) is 11.8 Å². The Hall–Kier alpha value is -2.46. The molecule has 0 saturated carbocycles. The number of ether oxygens (including phenoxy) is 2. The van der Waals surface area contributed by atoms with Crippen molar-refractivity contribution in [2.24, 2.45) is 0 Å². The van der Waals surface area contributed by atoms with Crippen LogP contribution in [-0.4, -0.2) is 92.4 Å². The zero-order chi connectivity index (χ0) is 37.3. The predicted octanol–water partition coefficient (Wildman–Crippen LogP) is 7.31. The topological polar surface area (TPSA) is 131 Å². The maximum atomic E-state index is 12.8. The number of esters is 2. The lowest BCUT2D eigenvalue weighted by Gasteiger charge is -2.30. The summed E-state index contributed by atoms with van der Waals surface area (Å²) in [6.07, 6.45) is 24.9. The number of nitrogens with zero attached hydrogens (tertiary/aromatic N) is 1. The number of quaternary nitrogens is 1. The SMILES string of the molecule is CCCCCC(OC(=O)C[N+](C)(C)CCCCOC(C)=O)C(O)CC=CCCCCCCCC(=O)NCCCCCCCCCCNC(C)=O. The largest absolute Gasteiger partial charge is 0.466 e. The predicted molar refractivity (Wildman–Crippen MR) is 202 cm³/mol. The Labute approximate surface area is 305 Å². The van der Waals surface area contributed by atoms with Crippen molar-refractivity contribution in [1.82, 2.24) is 10.6 Å². The fraction of sp³-hybridized carbons (Fsp3) is 0.850. The van der Waals surface area contributed by atoms with E-state index in [2.05, 4.69) is 23.6 Å². The van der Waals surface area contributed by atoms with Crippen LogP contribution in [0.3, 0.4) is 0 Å². The van der Waals surface area contributed by atoms with Crippen molar-refractivity contribution in [1.29, 1.82) is 0 Å². The average Bonchev–Trinajstić information content (AvgIpc) is 3.04. The molecule has 0 fully saturated rings. The third kappa shape index (κ3) is 32.7. The van der Waals surface area contributed by atoms with Gasteiger partial charge in [0.25, 0.3) is 0 Å². The highest BCUT2D eigenvalue weighted by atomic mass is 16.6. The van der Waals surface area contributed by atoms with Gasteiger partial charge in [0, 0.05) is 33.4 Å². The number of allylic oxidation sites excluding steroid dienone is 1. The third-order valence-electron chi connectivity index (χ3n) is 8.94. The molecule has 2 unspecified atom stereocenters. The van der Waals surface area contributed by atoms with E-state index in [0.29, 0.717) is 30.4 Å². The van der Waals surface area contributed by atoms with Gasteiger partial charge >= 0.3 is 11.9 Å². The maximum Gasteiger partial charge on any atom is 0.362 e. The first-order valence-corrected chi connectivity index (χ1v) is 20.0. The summed E-state index contributed by atoms with van der Waals surface area (Å²) in [5.74, 6) is -0.348. The molecular formula is C40H76N3O7+. The first-order valence-electron chi connectivity index (χ1n) is 20.0. The Kier molecular flexibility index (Phi) is 30.9. The van der Waals surface area contributed by atoms with E-state index < -0.39 is 12.2 Å². The lowest BCUT2D eigenvalue weighted by atomic mass is 10.0. The molecule has 292 valence electrons. The molecule has 0 aromatic heterocycles. The van der Waals surface area contributed by atoms with E-state index in [1.807, 2.05) is 20.2 Å². The van der Waals surface area contributed by atoms with Crippen LogP contribution in [0.5, 0.6) is 0 Å². The van der Waals surface area contributed by atoms with Crippen LogP contribution >= 0.6 is 0 Å². The summed E-state index contributed by atoms with van der Waals surface area (Å²) in [5.41, 5.74) is 0. The number of rotatable bonds is 34. The Morgan fingerprint density at radius 2 is 1.32 bits per heavy atom. The molecule has 0 aliphatic rings. The smallest absolute Gasteiger partial charge is 0.362 e. The summed E-state index contributed by atoms with van der Waals surface area (Å²) in [6.45, 7) is 8.05. The van der Waals surface area contributed by atoms with Crippen molar-refractivity contribution >= 4 is 23.8 Å². The molecule has 0 spiro atoms. The van der Waals surface area contributed by atoms with Crippen molar-refractivity contribution in [3.05, 3.63) is 12.2 Å². The monoisotopic (exact) mass is 711 g/mol. The summed E-state index contributed by atoms with van der Waals surface area (Å²) in [4.78, 5) is 46.7. The van der Waals surface area contributed by atoms with Crippen LogP contribution in [0.2, 0.25) is 0 Å². The highest BCUT2D eigenvalue weighted by molar-refractivity contribution is 5.75. The van der Waals surface area contributed by atoms with Crippen LogP contribution in [-0.2, 0) is 28.7 Å². The summed E-state index contributed by atoms with van der Waals surface area (Å²) in [5, 5.41) is 16.8. The van der Waals surface area contributed by atoms with Gasteiger partial charge in [-0.2, -0.15) is 0 Å². The van der Waals surface area contributed by atoms with Gasteiger partial charge in [0.05, 0.1) is 33.4 Å². The van der Waals surface area contributed by atoms with Gasteiger partial charge in [-0.15, -0.1) is 0 Å². The Morgan fingerprint density at radius 3 is 1.94 bits per heavy atom. The number of carbonyl (C=O) groups is 4. The number of amides is 2. The van der Waals surface area contributed by atoms with E-state index in [1.54, 1.807) is 6.92 Å². The standard InChI is InChI=1S/C40H75N3O7/c1-6-7-20-28-38(50-40(48)34-43(4,5)32-25-26-33-49-36(3)45)37(46)27-21-16-12-8-9-13-17-22-29-39(47)42-31-24-19-15-11-10-14-18-23-30-41-35(2)44/h16,21,37-38,46H,6-15,17-20,22-34H2,1-5H3,(H-,41,42,44,47)/p+1. The van der Waals surface area contributed by atoms with Gasteiger partial charge in [-0.05, 0) is 64.2 Å². The van der Waals surface area contributed by atoms with E-state index in [1.165, 1.54) is 39.0 Å². The van der Waals surface area contributed by atoms with Crippen molar-refractivity contribution in [3.8, 4) is 0 Å². The second-order valence-corrected chi connectivity index (χ2v) is 14.6. The Bertz CT molecular complexity index is 909. The fourth-order valence-electron chi connectivity index (χ4n) is 5.89. The minimum atomic E-state index is -0.721. The second-order valence-electron chi connectivity index (χ2n) is 14.6. The van der Waals surface area contributed by atoms with Gasteiger partial charge in [0.1, 0.15) is 6.10 Å². The molecule has 0 aromatic rings. The number of unbranched alkanes of at least 4 members (excludes halogenated alkanes) is 15. The molecule has 50 heavy (non-hydrogen) atoms. The highest BCUT2D eigenvalue weighted by Gasteiger charge is 2.27. The number of hydrogen-bond donors (Lipinski definition) is 3. The van der Waals surface area contributed by atoms with Gasteiger partial charge in [-0.1, -0.05) is 89.7 Å². The fourth-order valence-corrected chi connectivity index (χ4v) is 5.89. The molecule has 2 amide bonds. The van der Waals surface area contributed by atoms with E-state index in [9.17, 15) is 24.3 Å². The number of likely N-dealkylation sites (N-methyl/N-ethyl adjacent to an activating group) is 1. The summed E-state index contributed by atoms with van der Waals surface area (Å²) in [6, 6.07) is 0. The first kappa shape index (κ1) is 47.5. The van der Waals surface area contributed by atoms with Crippen LogP contribution in [0.15, 0.2) is 12.2 Å². The van der Waals surface area contributed by atoms with Crippen LogP contribution in [0.4, 0.5) is 0 Å². The van der Waals surface area contributed by atoms with Gasteiger partial charge < -0.3 is 29.7 Å². The molecule has 0 aliphatic heterocycles. The normalized spacial score (nSPS) is 12.8. The zero-order valence-corrected chi connectivity index (χ0v) is 32.7. The van der Waals surface area contributed by atoms with Crippen LogP contribution in [0.25, 0.3) is 0 Å². The summed E-state index contributed by atoms with van der Waals surface area (Å²) >= 11 is 0. The third-order valence-corrected chi connectivity index (χ3v) is 8.94. The maximum absolute atomic E-state index is 12.8. The van der Waals surface area contributed by atoms with E-state index in [0.717, 1.165) is 110 Å². The molecule has 0 bridgehead atoms. The highest BCUT2D eigenvalue weighted by Crippen LogP contribution is 2.16. The summed E-state index contributed by atoms with van der Waals surface area (Å²) < 4.78 is 11.3. The van der Waals surface area contributed by atoms with E-state index in [4.69, 9.17) is 9.47 Å². The molecule has 3 N–H and O–H groups in total. The quantitative estimate of drug-likeness (QED) is 0.0276. The summed E-state index contributed by atoms with van der Waals surface area (Å²) in [7, 11) is 3.98. The Morgan fingerprint density at radius 1 is 0.720 bits per heavy atom. The van der Waals surface area contributed by atoms with Crippen molar-refractivity contribution in [3.63, 3.8) is 0 Å². The van der Waals surface area contributed by atoms with E-state index >= 15 is 0 Å². The molecule has 0 radical (unpaired) electrons. The van der Waals surface area contributed by atoms with Crippen LogP contribution in [0.1, 0.15) is 162 Å². The molecule has 0 saturated heterocycles. The minimum absolute atomic E-state index is 0.0492. The molecule has 10 nitrogen and oxygen atoms in total. The van der Waals surface area contributed by atoms with Gasteiger partial charge in [-0.25, -0.2) is 4.79 Å². The van der Waals surface area contributed by atoms with Crippen molar-refractivity contribution < 1.29 is 38.2 Å². The lowest BCUT2D eigenvalue weighted by molar-refractivity contribution is -0.883. The molecule has 2 atom stereocenters. The number of aliphatic hydroxyl groups excluding tert-OH is 1. The number of hydrogen-bond acceptors (Lipinski definition) is 7. The molecular weight excluding hydrogens is 634 g/mol. The van der Waals surface area contributed by atoms with Gasteiger partial charge in [0.15, 0.2) is 6.54 Å². The van der Waals surface area contributed by atoms with Crippen LogP contribution in [0, 0.1) is 0 Å². The van der Waals surface area contributed by atoms with Gasteiger partial charge in [-0.3, -0.25) is 14.4 Å². The zero-order valence-electron chi connectivity index (χ0n) is 32.7. The number of nitrogens with one attached hydrogen (secondary N) is 2. The molecule has 10 heteroatoms. The number of aliphatic hydroxyl groups is 1. The average molecular weight is 711 g/mol. The molecule has 0 rings (SSSR count). The molecule has 0 heterocycles. The first-order chi connectivity index (χ1) is 24.0. The van der Waals surface area contributed by atoms with Crippen molar-refractivity contribution in [2.75, 3.05) is 46.9 Å². The lowest BCUT2D eigenvalue weighted by Crippen LogP contribution is -2.46. The van der Waals surface area contributed by atoms with Crippen LogP contribution < -0.4 is 10.6 Å².